The van der Waals surface area contributed by atoms with Crippen LogP contribution in [0.4, 0.5) is 5.69 Å². The van der Waals surface area contributed by atoms with Gasteiger partial charge in [0.05, 0.1) is 18.5 Å². The number of hydrogen-bond donors (Lipinski definition) is 1. The van der Waals surface area contributed by atoms with E-state index in [0.717, 1.165) is 12.2 Å². The second kappa shape index (κ2) is 7.75. The number of rotatable bonds is 7. The molecule has 0 saturated heterocycles. The zero-order valence-corrected chi connectivity index (χ0v) is 13.7. The van der Waals surface area contributed by atoms with E-state index in [-0.39, 0.29) is 5.91 Å². The molecule has 0 fully saturated rings. The van der Waals surface area contributed by atoms with E-state index in [1.54, 1.807) is 25.6 Å². The lowest BCUT2D eigenvalue weighted by Crippen LogP contribution is -2.12. The van der Waals surface area contributed by atoms with E-state index in [2.05, 4.69) is 33.2 Å². The van der Waals surface area contributed by atoms with Crippen molar-refractivity contribution in [3.63, 3.8) is 0 Å². The molecule has 3 rings (SSSR count). The quantitative estimate of drug-likeness (QED) is 0.726. The Morgan fingerprint density at radius 2 is 2.12 bits per heavy atom. The number of aromatic nitrogens is 2. The zero-order valence-electron chi connectivity index (χ0n) is 13.7. The summed E-state index contributed by atoms with van der Waals surface area (Å²) in [4.78, 5) is 16.1. The largest absolute Gasteiger partial charge is 0.383 e. The first-order valence-electron chi connectivity index (χ1n) is 8.03. The van der Waals surface area contributed by atoms with Gasteiger partial charge >= 0.3 is 0 Å². The number of hydrogen-bond acceptors (Lipinski definition) is 3. The number of fused-ring (bicyclic) bond motifs is 1. The number of nitrogens with zero attached hydrogens (tertiary/aromatic N) is 2. The van der Waals surface area contributed by atoms with Gasteiger partial charge in [0.25, 0.3) is 0 Å². The lowest BCUT2D eigenvalue weighted by atomic mass is 10.1. The van der Waals surface area contributed by atoms with E-state index in [4.69, 9.17) is 4.74 Å². The summed E-state index contributed by atoms with van der Waals surface area (Å²) in [5.74, 6) is -0.00303. The molecule has 24 heavy (non-hydrogen) atoms. The topological polar surface area (TPSA) is 56.1 Å². The minimum absolute atomic E-state index is 0.00303. The molecule has 2 aromatic heterocycles. The Labute approximate surface area is 141 Å². The third kappa shape index (κ3) is 3.81. The summed E-state index contributed by atoms with van der Waals surface area (Å²) in [5.41, 5.74) is 3.09. The predicted molar refractivity (Wildman–Crippen MR) is 95.0 cm³/mol. The highest BCUT2D eigenvalue weighted by molar-refractivity contribution is 5.91. The Morgan fingerprint density at radius 1 is 1.25 bits per heavy atom. The van der Waals surface area contributed by atoms with Crippen molar-refractivity contribution in [3.8, 4) is 0 Å². The van der Waals surface area contributed by atoms with Crippen molar-refractivity contribution in [1.82, 2.24) is 9.55 Å². The molecule has 0 aliphatic carbocycles. The number of amides is 1. The van der Waals surface area contributed by atoms with Crippen LogP contribution in [-0.2, 0) is 22.5 Å². The first-order valence-corrected chi connectivity index (χ1v) is 8.03. The van der Waals surface area contributed by atoms with Gasteiger partial charge in [-0.1, -0.05) is 18.2 Å². The molecular formula is C19H21N3O2. The maximum atomic E-state index is 12.1. The van der Waals surface area contributed by atoms with Crippen LogP contribution in [0.1, 0.15) is 12.0 Å². The first kappa shape index (κ1) is 16.2. The van der Waals surface area contributed by atoms with Gasteiger partial charge in [0, 0.05) is 43.4 Å². The molecule has 0 spiro atoms. The highest BCUT2D eigenvalue weighted by Crippen LogP contribution is 2.22. The molecule has 1 amide bonds. The van der Waals surface area contributed by atoms with Gasteiger partial charge in [-0.2, -0.15) is 0 Å². The average molecular weight is 323 g/mol. The van der Waals surface area contributed by atoms with E-state index in [9.17, 15) is 4.79 Å². The van der Waals surface area contributed by atoms with Crippen LogP contribution in [0.25, 0.3) is 10.9 Å². The Balaban J connectivity index is 1.69. The molecule has 0 atom stereocenters. The van der Waals surface area contributed by atoms with Crippen molar-refractivity contribution in [2.75, 3.05) is 19.0 Å². The normalized spacial score (nSPS) is 10.9. The smallest absolute Gasteiger partial charge is 0.224 e. The third-order valence-corrected chi connectivity index (χ3v) is 3.97. The van der Waals surface area contributed by atoms with E-state index in [1.807, 2.05) is 18.2 Å². The SMILES string of the molecule is COCCn1cc(CCC(=O)Nc2cccnc2)c2ccccc21. The summed E-state index contributed by atoms with van der Waals surface area (Å²) in [6.45, 7) is 1.47. The van der Waals surface area contributed by atoms with Crippen molar-refractivity contribution < 1.29 is 9.53 Å². The molecule has 0 unspecified atom stereocenters. The van der Waals surface area contributed by atoms with Gasteiger partial charge in [0.1, 0.15) is 0 Å². The number of aryl methyl sites for hydroxylation is 1. The maximum Gasteiger partial charge on any atom is 0.224 e. The van der Waals surface area contributed by atoms with Gasteiger partial charge in [-0.3, -0.25) is 9.78 Å². The van der Waals surface area contributed by atoms with Crippen LogP contribution in [0.15, 0.2) is 55.0 Å². The average Bonchev–Trinajstić information content (AvgIpc) is 2.97. The van der Waals surface area contributed by atoms with Gasteiger partial charge in [-0.25, -0.2) is 0 Å². The van der Waals surface area contributed by atoms with E-state index in [0.29, 0.717) is 19.4 Å². The molecule has 5 heteroatoms. The summed E-state index contributed by atoms with van der Waals surface area (Å²) in [5, 5.41) is 4.07. The fraction of sp³-hybridized carbons (Fsp3) is 0.263. The second-order valence-corrected chi connectivity index (χ2v) is 5.65. The molecule has 0 saturated carbocycles. The third-order valence-electron chi connectivity index (χ3n) is 3.97. The van der Waals surface area contributed by atoms with Gasteiger partial charge in [0.15, 0.2) is 0 Å². The number of para-hydroxylation sites is 1. The monoisotopic (exact) mass is 323 g/mol. The molecule has 5 nitrogen and oxygen atoms in total. The summed E-state index contributed by atoms with van der Waals surface area (Å²) in [6, 6.07) is 11.9. The van der Waals surface area contributed by atoms with Crippen LogP contribution in [0, 0.1) is 0 Å². The predicted octanol–water partition coefficient (Wildman–Crippen LogP) is 3.25. The van der Waals surface area contributed by atoms with Gasteiger partial charge in [0.2, 0.25) is 5.91 Å². The number of benzene rings is 1. The standard InChI is InChI=1S/C19H21N3O2/c1-24-12-11-22-14-15(17-6-2-3-7-18(17)22)8-9-19(23)21-16-5-4-10-20-13-16/h2-7,10,13-14H,8-9,11-12H2,1H3,(H,21,23). The minimum Gasteiger partial charge on any atom is -0.383 e. The van der Waals surface area contributed by atoms with Crippen LogP contribution in [-0.4, -0.2) is 29.2 Å². The molecule has 3 aromatic rings. The fourth-order valence-electron chi connectivity index (χ4n) is 2.81. The van der Waals surface area contributed by atoms with Gasteiger partial charge < -0.3 is 14.6 Å². The van der Waals surface area contributed by atoms with Crippen LogP contribution >= 0.6 is 0 Å². The molecule has 2 heterocycles. The van der Waals surface area contributed by atoms with Crippen LogP contribution in [0.5, 0.6) is 0 Å². The molecule has 1 N–H and O–H groups in total. The van der Waals surface area contributed by atoms with Gasteiger partial charge in [-0.05, 0) is 30.2 Å². The number of carbonyl (C=O) groups excluding carboxylic acids is 1. The van der Waals surface area contributed by atoms with Crippen molar-refractivity contribution in [2.24, 2.45) is 0 Å². The Kier molecular flexibility index (Phi) is 5.23. The second-order valence-electron chi connectivity index (χ2n) is 5.65. The number of methoxy groups -OCH3 is 1. The van der Waals surface area contributed by atoms with E-state index >= 15 is 0 Å². The summed E-state index contributed by atoms with van der Waals surface area (Å²) in [7, 11) is 1.70. The van der Waals surface area contributed by atoms with Crippen LogP contribution in [0.2, 0.25) is 0 Å². The zero-order chi connectivity index (χ0) is 16.8. The van der Waals surface area contributed by atoms with Crippen LogP contribution in [0.3, 0.4) is 0 Å². The molecule has 1 aromatic carbocycles. The van der Waals surface area contributed by atoms with Crippen molar-refractivity contribution in [1.29, 1.82) is 0 Å². The van der Waals surface area contributed by atoms with Crippen molar-refractivity contribution in [2.45, 2.75) is 19.4 Å². The van der Waals surface area contributed by atoms with E-state index < -0.39 is 0 Å². The van der Waals surface area contributed by atoms with E-state index in [1.165, 1.54) is 16.5 Å². The summed E-state index contributed by atoms with van der Waals surface area (Å²) < 4.78 is 7.37. The van der Waals surface area contributed by atoms with Crippen molar-refractivity contribution in [3.05, 3.63) is 60.6 Å². The molecule has 0 radical (unpaired) electrons. The summed E-state index contributed by atoms with van der Waals surface area (Å²) >= 11 is 0. The number of ether oxygens (including phenoxy) is 1. The Morgan fingerprint density at radius 3 is 2.92 bits per heavy atom. The Bertz CT molecular complexity index is 812. The highest BCUT2D eigenvalue weighted by atomic mass is 16.5. The molecule has 0 aliphatic heterocycles. The number of nitrogens with one attached hydrogen (secondary N) is 1. The van der Waals surface area contributed by atoms with Crippen LogP contribution < -0.4 is 5.32 Å². The lowest BCUT2D eigenvalue weighted by Gasteiger charge is -2.04. The molecule has 124 valence electrons. The van der Waals surface area contributed by atoms with Gasteiger partial charge in [-0.15, -0.1) is 0 Å². The number of anilines is 1. The first-order chi connectivity index (χ1) is 11.8. The highest BCUT2D eigenvalue weighted by Gasteiger charge is 2.10. The molecule has 0 aliphatic rings. The molecule has 0 bridgehead atoms. The number of carbonyl (C=O) groups is 1. The molecular weight excluding hydrogens is 302 g/mol. The minimum atomic E-state index is -0.00303. The fourth-order valence-corrected chi connectivity index (χ4v) is 2.81. The summed E-state index contributed by atoms with van der Waals surface area (Å²) in [6.07, 6.45) is 6.60. The number of pyridine rings is 1. The lowest BCUT2D eigenvalue weighted by molar-refractivity contribution is -0.116. The Hall–Kier alpha value is -2.66. The van der Waals surface area contributed by atoms with Crippen molar-refractivity contribution >= 4 is 22.5 Å². The maximum absolute atomic E-state index is 12.1.